The summed E-state index contributed by atoms with van der Waals surface area (Å²) in [6, 6.07) is 2.11. The summed E-state index contributed by atoms with van der Waals surface area (Å²) in [6.45, 7) is 4.63. The molecule has 0 amide bonds. The van der Waals surface area contributed by atoms with Crippen molar-refractivity contribution in [1.82, 2.24) is 30.0 Å². The fourth-order valence-electron chi connectivity index (χ4n) is 3.56. The van der Waals surface area contributed by atoms with Crippen molar-refractivity contribution in [3.63, 3.8) is 0 Å². The Morgan fingerprint density at radius 3 is 2.79 bits per heavy atom. The Morgan fingerprint density at radius 1 is 1.18 bits per heavy atom. The first kappa shape index (κ1) is 21.5. The van der Waals surface area contributed by atoms with E-state index in [9.17, 15) is 0 Å². The van der Waals surface area contributed by atoms with Crippen molar-refractivity contribution in [2.45, 2.75) is 19.9 Å². The van der Waals surface area contributed by atoms with Gasteiger partial charge >= 0.3 is 0 Å². The van der Waals surface area contributed by atoms with Gasteiger partial charge in [-0.25, -0.2) is 15.0 Å². The maximum absolute atomic E-state index is 4.84. The molecule has 2 N–H and O–H groups in total. The van der Waals surface area contributed by atoms with Gasteiger partial charge < -0.3 is 15.5 Å². The zero-order valence-corrected chi connectivity index (χ0v) is 20.4. The molecule has 33 heavy (non-hydrogen) atoms. The van der Waals surface area contributed by atoms with E-state index in [0.29, 0.717) is 0 Å². The van der Waals surface area contributed by atoms with Gasteiger partial charge in [-0.3, -0.25) is 9.67 Å². The van der Waals surface area contributed by atoms with Crippen molar-refractivity contribution >= 4 is 39.6 Å². The summed E-state index contributed by atoms with van der Waals surface area (Å²) in [6.07, 6.45) is 6.88. The lowest BCUT2D eigenvalue weighted by molar-refractivity contribution is 0.740. The second-order valence-electron chi connectivity index (χ2n) is 7.95. The molecule has 170 valence electrons. The van der Waals surface area contributed by atoms with Crippen LogP contribution in [-0.2, 0) is 13.6 Å². The molecular formula is C22H25N9S2. The van der Waals surface area contributed by atoms with Crippen LogP contribution >= 0.6 is 22.7 Å². The number of aryl methyl sites for hydroxylation is 2. The first-order chi connectivity index (χ1) is 16.0. The zero-order valence-electron chi connectivity index (χ0n) is 18.7. The molecule has 0 aromatic carbocycles. The predicted molar refractivity (Wildman–Crippen MR) is 135 cm³/mol. The monoisotopic (exact) mass is 479 g/mol. The lowest BCUT2D eigenvalue weighted by Crippen LogP contribution is -2.35. The highest BCUT2D eigenvalue weighted by Gasteiger charge is 2.15. The molecule has 5 heterocycles. The highest BCUT2D eigenvalue weighted by atomic mass is 32.1. The van der Waals surface area contributed by atoms with Crippen LogP contribution in [0.3, 0.4) is 0 Å². The molecule has 11 heteroatoms. The van der Waals surface area contributed by atoms with E-state index < -0.39 is 0 Å². The highest BCUT2D eigenvalue weighted by molar-refractivity contribution is 7.14. The third kappa shape index (κ3) is 4.88. The summed E-state index contributed by atoms with van der Waals surface area (Å²) in [5.74, 6) is 1.71. The van der Waals surface area contributed by atoms with Gasteiger partial charge in [0.2, 0.25) is 0 Å². The number of aromatic nitrogens is 5. The van der Waals surface area contributed by atoms with Crippen LogP contribution in [0.4, 0.5) is 10.9 Å². The minimum absolute atomic E-state index is 0.753. The smallest absolute Gasteiger partial charge is 0.197 e. The van der Waals surface area contributed by atoms with E-state index in [1.165, 1.54) is 0 Å². The molecule has 0 bridgehead atoms. The van der Waals surface area contributed by atoms with Gasteiger partial charge in [-0.2, -0.15) is 5.10 Å². The van der Waals surface area contributed by atoms with Gasteiger partial charge in [0.15, 0.2) is 11.1 Å². The predicted octanol–water partition coefficient (Wildman–Crippen LogP) is 3.77. The van der Waals surface area contributed by atoms with Crippen LogP contribution in [0.25, 0.3) is 22.0 Å². The van der Waals surface area contributed by atoms with E-state index in [1.54, 1.807) is 22.7 Å². The Kier molecular flexibility index (Phi) is 6.05. The Labute approximate surface area is 200 Å². The number of nitrogens with one attached hydrogen (secondary N) is 2. The molecule has 0 saturated carbocycles. The zero-order chi connectivity index (χ0) is 22.8. The number of nitrogens with zero attached hydrogens (tertiary/aromatic N) is 7. The molecule has 1 aliphatic heterocycles. The molecule has 4 aromatic heterocycles. The molecule has 4 aromatic rings. The number of aliphatic imine (C=N–C) groups is 1. The van der Waals surface area contributed by atoms with Gasteiger partial charge in [0, 0.05) is 68.0 Å². The van der Waals surface area contributed by atoms with E-state index in [0.717, 1.165) is 76.0 Å². The first-order valence-electron chi connectivity index (χ1n) is 10.7. The van der Waals surface area contributed by atoms with Gasteiger partial charge in [0.25, 0.3) is 0 Å². The average Bonchev–Trinajstić information content (AvgIpc) is 3.56. The molecule has 5 rings (SSSR count). The molecule has 0 unspecified atom stereocenters. The summed E-state index contributed by atoms with van der Waals surface area (Å²) < 4.78 is 1.81. The number of rotatable bonds is 6. The fraction of sp³-hybridized carbons (Fsp3) is 0.318. The molecule has 1 aliphatic rings. The van der Waals surface area contributed by atoms with Crippen LogP contribution in [0.1, 0.15) is 17.5 Å². The molecule has 0 spiro atoms. The Balaban J connectivity index is 1.30. The van der Waals surface area contributed by atoms with Crippen molar-refractivity contribution in [1.29, 1.82) is 0 Å². The van der Waals surface area contributed by atoms with E-state index in [2.05, 4.69) is 43.6 Å². The van der Waals surface area contributed by atoms with Crippen molar-refractivity contribution in [2.75, 3.05) is 30.4 Å². The van der Waals surface area contributed by atoms with Crippen molar-refractivity contribution in [2.24, 2.45) is 12.0 Å². The number of hydrogen-bond donors (Lipinski definition) is 2. The molecule has 9 nitrogen and oxygen atoms in total. The van der Waals surface area contributed by atoms with Crippen LogP contribution in [0.2, 0.25) is 0 Å². The van der Waals surface area contributed by atoms with Gasteiger partial charge in [-0.15, -0.1) is 22.7 Å². The third-order valence-corrected chi connectivity index (χ3v) is 6.92. The van der Waals surface area contributed by atoms with E-state index in [1.807, 2.05) is 48.1 Å². The standard InChI is InChI=1S/C22H25N9S2/c1-14-7-19(30(2)10-15-8-26-31(3)11-15)25-9-16(14)20-27-17(12-32-20)18-13-33-22(28-18)29-21-23-5-4-6-24-21/h7-9,11-13H,4-6,10H2,1-3H3,(H2,23,24,28,29). The van der Waals surface area contributed by atoms with Crippen LogP contribution in [0.5, 0.6) is 0 Å². The lowest BCUT2D eigenvalue weighted by Gasteiger charge is -2.18. The van der Waals surface area contributed by atoms with Gasteiger partial charge in [0.1, 0.15) is 22.2 Å². The van der Waals surface area contributed by atoms with Crippen LogP contribution < -0.4 is 15.5 Å². The number of thiazole rings is 2. The van der Waals surface area contributed by atoms with E-state index >= 15 is 0 Å². The largest absolute Gasteiger partial charge is 0.356 e. The second-order valence-corrected chi connectivity index (χ2v) is 9.66. The molecule has 0 aliphatic carbocycles. The maximum atomic E-state index is 4.84. The Bertz CT molecular complexity index is 1290. The normalized spacial score (nSPS) is 13.5. The van der Waals surface area contributed by atoms with E-state index in [4.69, 9.17) is 9.97 Å². The first-order valence-corrected chi connectivity index (χ1v) is 12.4. The van der Waals surface area contributed by atoms with E-state index in [-0.39, 0.29) is 0 Å². The SMILES string of the molecule is Cc1cc(N(C)Cc2cnn(C)c2)ncc1-c1nc(-c2csc(NC3=NCCCN3)n2)cs1. The second kappa shape index (κ2) is 9.28. The van der Waals surface area contributed by atoms with Gasteiger partial charge in [0.05, 0.1) is 6.20 Å². The summed E-state index contributed by atoms with van der Waals surface area (Å²) in [7, 11) is 3.97. The summed E-state index contributed by atoms with van der Waals surface area (Å²) >= 11 is 3.16. The molecular weight excluding hydrogens is 454 g/mol. The minimum atomic E-state index is 0.753. The minimum Gasteiger partial charge on any atom is -0.356 e. The molecule has 0 saturated heterocycles. The van der Waals surface area contributed by atoms with Gasteiger partial charge in [-0.05, 0) is 25.0 Å². The Hall–Kier alpha value is -3.31. The molecule has 0 radical (unpaired) electrons. The van der Waals surface area contributed by atoms with Gasteiger partial charge in [-0.1, -0.05) is 0 Å². The van der Waals surface area contributed by atoms with Crippen molar-refractivity contribution < 1.29 is 0 Å². The average molecular weight is 480 g/mol. The Morgan fingerprint density at radius 2 is 2.03 bits per heavy atom. The summed E-state index contributed by atoms with van der Waals surface area (Å²) in [5.41, 5.74) is 5.06. The molecule has 0 fully saturated rings. The number of guanidine groups is 1. The summed E-state index contributed by atoms with van der Waals surface area (Å²) in [5, 5.41) is 16.6. The highest BCUT2D eigenvalue weighted by Crippen LogP contribution is 2.33. The van der Waals surface area contributed by atoms with Crippen LogP contribution in [-0.4, -0.2) is 50.8 Å². The number of hydrogen-bond acceptors (Lipinski definition) is 10. The maximum Gasteiger partial charge on any atom is 0.197 e. The fourth-order valence-corrected chi connectivity index (χ4v) is 5.16. The molecule has 0 atom stereocenters. The topological polar surface area (TPSA) is 96.2 Å². The van der Waals surface area contributed by atoms with Crippen molar-refractivity contribution in [3.8, 4) is 22.0 Å². The van der Waals surface area contributed by atoms with Crippen LogP contribution in [0, 0.1) is 6.92 Å². The lowest BCUT2D eigenvalue weighted by atomic mass is 10.1. The number of anilines is 2. The van der Waals surface area contributed by atoms with Crippen molar-refractivity contribution in [3.05, 3.63) is 46.5 Å². The van der Waals surface area contributed by atoms with Crippen LogP contribution in [0.15, 0.2) is 40.4 Å². The quantitative estimate of drug-likeness (QED) is 0.435. The number of pyridine rings is 1. The third-order valence-electron chi connectivity index (χ3n) is 5.29. The summed E-state index contributed by atoms with van der Waals surface area (Å²) in [4.78, 5) is 20.8.